The summed E-state index contributed by atoms with van der Waals surface area (Å²) in [5, 5.41) is 19.4. The predicted molar refractivity (Wildman–Crippen MR) is 114 cm³/mol. The second-order valence-electron chi connectivity index (χ2n) is 7.96. The van der Waals surface area contributed by atoms with E-state index in [1.54, 1.807) is 11.3 Å². The van der Waals surface area contributed by atoms with Crippen LogP contribution in [0.1, 0.15) is 106 Å². The van der Waals surface area contributed by atoms with Crippen LogP contribution in [0.25, 0.3) is 0 Å². The van der Waals surface area contributed by atoms with Gasteiger partial charge in [0.25, 0.3) is 0 Å². The highest BCUT2D eigenvalue weighted by molar-refractivity contribution is 7.12. The van der Waals surface area contributed by atoms with Gasteiger partial charge in [-0.1, -0.05) is 45.4 Å². The first kappa shape index (κ1) is 22.7. The van der Waals surface area contributed by atoms with Gasteiger partial charge in [0.05, 0.1) is 6.10 Å². The van der Waals surface area contributed by atoms with Crippen LogP contribution < -0.4 is 0 Å². The van der Waals surface area contributed by atoms with Gasteiger partial charge in [0.2, 0.25) is 0 Å². The van der Waals surface area contributed by atoms with E-state index >= 15 is 0 Å². The standard InChI is InChI=1S/C22H35ClO3S/c1-2-3-6-10-19(24)21-15-14-20(27-21)17-12-13-18(23)16(17)9-7-4-5-8-11-22(25)26/h14-19,24H,2-13H2,1H3,(H,25,26)/t16-,17+,18-,19?/m1/s1. The Hall–Kier alpha value is -0.580. The molecule has 154 valence electrons. The first-order chi connectivity index (χ1) is 13.0. The van der Waals surface area contributed by atoms with Crippen LogP contribution in [0.5, 0.6) is 0 Å². The van der Waals surface area contributed by atoms with Crippen molar-refractivity contribution in [2.24, 2.45) is 5.92 Å². The van der Waals surface area contributed by atoms with Gasteiger partial charge in [0, 0.05) is 21.6 Å². The fraction of sp³-hybridized carbons (Fsp3) is 0.773. The first-order valence-corrected chi connectivity index (χ1v) is 11.9. The summed E-state index contributed by atoms with van der Waals surface area (Å²) in [6, 6.07) is 4.32. The minimum atomic E-state index is -0.697. The van der Waals surface area contributed by atoms with Crippen molar-refractivity contribution in [2.45, 2.75) is 101 Å². The van der Waals surface area contributed by atoms with Crippen LogP contribution in [-0.4, -0.2) is 21.6 Å². The lowest BCUT2D eigenvalue weighted by Gasteiger charge is -2.21. The highest BCUT2D eigenvalue weighted by atomic mass is 35.5. The second kappa shape index (κ2) is 12.1. The Morgan fingerprint density at radius 1 is 1.19 bits per heavy atom. The number of hydrogen-bond donors (Lipinski definition) is 2. The zero-order chi connectivity index (χ0) is 19.6. The zero-order valence-electron chi connectivity index (χ0n) is 16.5. The summed E-state index contributed by atoms with van der Waals surface area (Å²) in [7, 11) is 0. The molecule has 0 radical (unpaired) electrons. The van der Waals surface area contributed by atoms with E-state index in [1.165, 1.54) is 17.7 Å². The van der Waals surface area contributed by atoms with E-state index in [9.17, 15) is 9.90 Å². The van der Waals surface area contributed by atoms with Crippen molar-refractivity contribution >= 4 is 28.9 Å². The fourth-order valence-electron chi connectivity index (χ4n) is 4.24. The number of rotatable bonds is 13. The maximum Gasteiger partial charge on any atom is 0.303 e. The van der Waals surface area contributed by atoms with E-state index < -0.39 is 5.97 Å². The molecule has 1 heterocycles. The molecular weight excluding hydrogens is 380 g/mol. The minimum Gasteiger partial charge on any atom is -0.481 e. The van der Waals surface area contributed by atoms with Gasteiger partial charge in [0.1, 0.15) is 0 Å². The molecule has 1 unspecified atom stereocenters. The maximum absolute atomic E-state index is 10.6. The van der Waals surface area contributed by atoms with Crippen LogP contribution in [0.3, 0.4) is 0 Å². The van der Waals surface area contributed by atoms with Crippen LogP contribution in [0.2, 0.25) is 0 Å². The number of aliphatic hydroxyl groups excluding tert-OH is 1. The van der Waals surface area contributed by atoms with E-state index in [4.69, 9.17) is 16.7 Å². The number of alkyl halides is 1. The number of carboxylic acids is 1. The van der Waals surface area contributed by atoms with Gasteiger partial charge in [-0.3, -0.25) is 4.79 Å². The maximum atomic E-state index is 10.6. The number of halogens is 1. The second-order valence-corrected chi connectivity index (χ2v) is 9.67. The number of thiophene rings is 1. The Balaban J connectivity index is 1.82. The molecule has 1 aliphatic carbocycles. The number of carboxylic acid groups (broad SMARTS) is 1. The van der Waals surface area contributed by atoms with Crippen LogP contribution in [0.15, 0.2) is 12.1 Å². The Morgan fingerprint density at radius 3 is 2.70 bits per heavy atom. The fourth-order valence-corrected chi connectivity index (χ4v) is 5.91. The lowest BCUT2D eigenvalue weighted by molar-refractivity contribution is -0.137. The van der Waals surface area contributed by atoms with Crippen molar-refractivity contribution < 1.29 is 15.0 Å². The molecule has 1 aliphatic rings. The van der Waals surface area contributed by atoms with E-state index in [2.05, 4.69) is 19.1 Å². The molecule has 0 spiro atoms. The lowest BCUT2D eigenvalue weighted by Crippen LogP contribution is -2.13. The van der Waals surface area contributed by atoms with Crippen LogP contribution >= 0.6 is 22.9 Å². The zero-order valence-corrected chi connectivity index (χ0v) is 18.1. The highest BCUT2D eigenvalue weighted by Gasteiger charge is 2.36. The summed E-state index contributed by atoms with van der Waals surface area (Å²) in [5.74, 6) is 0.333. The van der Waals surface area contributed by atoms with Gasteiger partial charge in [0.15, 0.2) is 0 Å². The van der Waals surface area contributed by atoms with Crippen LogP contribution in [0, 0.1) is 5.92 Å². The van der Waals surface area contributed by atoms with Gasteiger partial charge >= 0.3 is 5.97 Å². The first-order valence-electron chi connectivity index (χ1n) is 10.7. The molecule has 1 aromatic heterocycles. The number of carbonyl (C=O) groups is 1. The monoisotopic (exact) mass is 414 g/mol. The number of aliphatic carboxylic acids is 1. The molecule has 5 heteroatoms. The summed E-state index contributed by atoms with van der Waals surface area (Å²) in [5.41, 5.74) is 0. The molecule has 0 bridgehead atoms. The summed E-state index contributed by atoms with van der Waals surface area (Å²) >= 11 is 8.41. The van der Waals surface area contributed by atoms with E-state index in [-0.39, 0.29) is 17.9 Å². The molecule has 4 atom stereocenters. The van der Waals surface area contributed by atoms with Gasteiger partial charge < -0.3 is 10.2 Å². The van der Waals surface area contributed by atoms with Crippen molar-refractivity contribution in [2.75, 3.05) is 0 Å². The molecule has 3 nitrogen and oxygen atoms in total. The molecule has 1 aromatic rings. The average molecular weight is 415 g/mol. The Labute approximate surface area is 173 Å². The van der Waals surface area contributed by atoms with E-state index in [0.29, 0.717) is 11.8 Å². The van der Waals surface area contributed by atoms with Crippen molar-refractivity contribution in [1.29, 1.82) is 0 Å². The Kier molecular flexibility index (Phi) is 10.2. The molecule has 1 fully saturated rings. The number of unbranched alkanes of at least 4 members (excludes halogenated alkanes) is 5. The third-order valence-electron chi connectivity index (χ3n) is 5.84. The molecule has 0 saturated heterocycles. The molecule has 2 rings (SSSR count). The van der Waals surface area contributed by atoms with Gasteiger partial charge in [-0.2, -0.15) is 0 Å². The predicted octanol–water partition coefficient (Wildman–Crippen LogP) is 6.89. The normalized spacial score (nSPS) is 23.6. The quantitative estimate of drug-likeness (QED) is 0.273. The Morgan fingerprint density at radius 2 is 1.96 bits per heavy atom. The number of hydrogen-bond acceptors (Lipinski definition) is 3. The molecule has 1 saturated carbocycles. The smallest absolute Gasteiger partial charge is 0.303 e. The van der Waals surface area contributed by atoms with Gasteiger partial charge in [-0.05, 0) is 56.1 Å². The van der Waals surface area contributed by atoms with Gasteiger partial charge in [-0.15, -0.1) is 22.9 Å². The van der Waals surface area contributed by atoms with E-state index in [1.807, 2.05) is 0 Å². The highest BCUT2D eigenvalue weighted by Crippen LogP contribution is 2.47. The van der Waals surface area contributed by atoms with Crippen molar-refractivity contribution in [3.05, 3.63) is 21.9 Å². The average Bonchev–Trinajstić information content (AvgIpc) is 3.25. The molecule has 0 aromatic carbocycles. The summed E-state index contributed by atoms with van der Waals surface area (Å²) in [6.07, 6.45) is 11.6. The van der Waals surface area contributed by atoms with Crippen molar-refractivity contribution in [1.82, 2.24) is 0 Å². The minimum absolute atomic E-state index is 0.244. The van der Waals surface area contributed by atoms with Crippen LogP contribution in [-0.2, 0) is 4.79 Å². The molecule has 2 N–H and O–H groups in total. The summed E-state index contributed by atoms with van der Waals surface area (Å²) in [4.78, 5) is 13.1. The van der Waals surface area contributed by atoms with Crippen molar-refractivity contribution in [3.63, 3.8) is 0 Å². The molecule has 0 aliphatic heterocycles. The number of aliphatic hydroxyl groups is 1. The van der Waals surface area contributed by atoms with Crippen LogP contribution in [0.4, 0.5) is 0 Å². The molecule has 0 amide bonds. The van der Waals surface area contributed by atoms with E-state index in [0.717, 1.165) is 62.7 Å². The third kappa shape index (κ3) is 7.40. The largest absolute Gasteiger partial charge is 0.481 e. The molecule has 27 heavy (non-hydrogen) atoms. The topological polar surface area (TPSA) is 57.5 Å². The summed E-state index contributed by atoms with van der Waals surface area (Å²) in [6.45, 7) is 2.19. The summed E-state index contributed by atoms with van der Waals surface area (Å²) < 4.78 is 0. The molecular formula is C22H35ClO3S. The van der Waals surface area contributed by atoms with Crippen molar-refractivity contribution in [3.8, 4) is 0 Å². The Bertz CT molecular complexity index is 560. The van der Waals surface area contributed by atoms with Gasteiger partial charge in [-0.25, -0.2) is 0 Å². The SMILES string of the molecule is CCCCCC(O)c1ccc([C@H]2CC[C@@H](Cl)[C@@H]2CCCCCCC(=O)O)s1. The third-order valence-corrected chi connectivity index (χ3v) is 7.70. The lowest BCUT2D eigenvalue weighted by atomic mass is 9.89.